The SMILES string of the molecule is CC1c2[nH]c3ccccc3c2C(c2ccccc2)CN1C1CC(=O)N(c2cccc3ccccc23)C1=O. The number of nitrogens with zero attached hydrogens (tertiary/aromatic N) is 2. The van der Waals surface area contributed by atoms with E-state index in [0.717, 1.165) is 22.0 Å². The Bertz CT molecular complexity index is 1670. The first-order chi connectivity index (χ1) is 18.1. The normalized spacial score (nSPS) is 22.2. The summed E-state index contributed by atoms with van der Waals surface area (Å²) in [4.78, 5) is 34.7. The van der Waals surface area contributed by atoms with Gasteiger partial charge < -0.3 is 4.98 Å². The Kier molecular flexibility index (Phi) is 5.01. The van der Waals surface area contributed by atoms with Crippen LogP contribution in [0.15, 0.2) is 97.1 Å². The van der Waals surface area contributed by atoms with Crippen molar-refractivity contribution in [2.24, 2.45) is 0 Å². The van der Waals surface area contributed by atoms with Gasteiger partial charge in [-0.1, -0.05) is 84.9 Å². The van der Waals surface area contributed by atoms with Gasteiger partial charge in [-0.15, -0.1) is 0 Å². The smallest absolute Gasteiger partial charge is 0.251 e. The Labute approximate surface area is 215 Å². The number of carbonyl (C=O) groups is 2. The number of hydrogen-bond acceptors (Lipinski definition) is 3. The third-order valence-corrected chi connectivity index (χ3v) is 8.17. The number of aromatic amines is 1. The van der Waals surface area contributed by atoms with Crippen molar-refractivity contribution in [2.45, 2.75) is 31.3 Å². The van der Waals surface area contributed by atoms with Crippen molar-refractivity contribution in [3.63, 3.8) is 0 Å². The highest BCUT2D eigenvalue weighted by molar-refractivity contribution is 6.25. The maximum Gasteiger partial charge on any atom is 0.251 e. The van der Waals surface area contributed by atoms with Crippen LogP contribution in [0.1, 0.15) is 42.1 Å². The highest BCUT2D eigenvalue weighted by Crippen LogP contribution is 2.45. The van der Waals surface area contributed by atoms with Crippen molar-refractivity contribution in [1.29, 1.82) is 0 Å². The summed E-state index contributed by atoms with van der Waals surface area (Å²) in [6, 6.07) is 32.1. The number of benzene rings is 4. The Hall–Kier alpha value is -4.22. The quantitative estimate of drug-likeness (QED) is 0.311. The van der Waals surface area contributed by atoms with Gasteiger partial charge in [0, 0.05) is 40.5 Å². The molecule has 0 bridgehead atoms. The van der Waals surface area contributed by atoms with E-state index in [1.807, 2.05) is 54.6 Å². The molecule has 1 saturated heterocycles. The summed E-state index contributed by atoms with van der Waals surface area (Å²) in [5.41, 5.74) is 5.42. The molecule has 37 heavy (non-hydrogen) atoms. The predicted octanol–water partition coefficient (Wildman–Crippen LogP) is 6.16. The van der Waals surface area contributed by atoms with E-state index >= 15 is 0 Å². The molecular weight excluding hydrogens is 458 g/mol. The van der Waals surface area contributed by atoms with Crippen molar-refractivity contribution >= 4 is 39.2 Å². The fourth-order valence-corrected chi connectivity index (χ4v) is 6.40. The maximum atomic E-state index is 14.0. The fraction of sp³-hybridized carbons (Fsp3) is 0.188. The van der Waals surface area contributed by atoms with Crippen molar-refractivity contribution in [3.05, 3.63) is 114 Å². The minimum absolute atomic E-state index is 0.0309. The third-order valence-electron chi connectivity index (χ3n) is 8.17. The van der Waals surface area contributed by atoms with Gasteiger partial charge in [0.15, 0.2) is 0 Å². The molecule has 2 aliphatic rings. The summed E-state index contributed by atoms with van der Waals surface area (Å²) in [6.07, 6.45) is 0.184. The van der Waals surface area contributed by atoms with Crippen LogP contribution in [-0.2, 0) is 9.59 Å². The molecule has 2 aliphatic heterocycles. The van der Waals surface area contributed by atoms with Crippen LogP contribution in [0.5, 0.6) is 0 Å². The number of para-hydroxylation sites is 1. The van der Waals surface area contributed by atoms with E-state index in [0.29, 0.717) is 12.2 Å². The highest BCUT2D eigenvalue weighted by Gasteiger charge is 2.47. The summed E-state index contributed by atoms with van der Waals surface area (Å²) in [5, 5.41) is 3.16. The molecule has 3 atom stereocenters. The number of nitrogens with one attached hydrogen (secondary N) is 1. The number of imide groups is 1. The van der Waals surface area contributed by atoms with Crippen LogP contribution in [0.4, 0.5) is 5.69 Å². The second-order valence-electron chi connectivity index (χ2n) is 10.1. The second kappa shape index (κ2) is 8.43. The number of carbonyl (C=O) groups excluding carboxylic acids is 2. The van der Waals surface area contributed by atoms with Crippen LogP contribution in [0.3, 0.4) is 0 Å². The number of anilines is 1. The van der Waals surface area contributed by atoms with Gasteiger partial charge in [0.2, 0.25) is 5.91 Å². The first kappa shape index (κ1) is 22.0. The van der Waals surface area contributed by atoms with E-state index in [-0.39, 0.29) is 30.2 Å². The lowest BCUT2D eigenvalue weighted by Gasteiger charge is -2.41. The van der Waals surface area contributed by atoms with E-state index in [1.54, 1.807) is 0 Å². The maximum absolute atomic E-state index is 14.0. The number of hydrogen-bond donors (Lipinski definition) is 1. The van der Waals surface area contributed by atoms with E-state index < -0.39 is 6.04 Å². The molecular formula is C32H27N3O2. The summed E-state index contributed by atoms with van der Waals surface area (Å²) >= 11 is 0. The van der Waals surface area contributed by atoms with Gasteiger partial charge in [-0.3, -0.25) is 14.5 Å². The van der Waals surface area contributed by atoms with Gasteiger partial charge in [-0.05, 0) is 35.6 Å². The molecule has 1 aromatic heterocycles. The van der Waals surface area contributed by atoms with E-state index in [9.17, 15) is 9.59 Å². The zero-order valence-electron chi connectivity index (χ0n) is 20.6. The molecule has 5 nitrogen and oxygen atoms in total. The van der Waals surface area contributed by atoms with Crippen LogP contribution in [0.2, 0.25) is 0 Å². The highest BCUT2D eigenvalue weighted by atomic mass is 16.2. The van der Waals surface area contributed by atoms with E-state index in [4.69, 9.17) is 0 Å². The van der Waals surface area contributed by atoms with Crippen molar-refractivity contribution in [2.75, 3.05) is 11.4 Å². The number of aromatic nitrogens is 1. The van der Waals surface area contributed by atoms with Gasteiger partial charge in [0.05, 0.1) is 18.2 Å². The molecule has 182 valence electrons. The van der Waals surface area contributed by atoms with Crippen molar-refractivity contribution < 1.29 is 9.59 Å². The monoisotopic (exact) mass is 485 g/mol. The molecule has 1 fully saturated rings. The molecule has 0 saturated carbocycles. The van der Waals surface area contributed by atoms with Gasteiger partial charge in [-0.25, -0.2) is 4.90 Å². The Morgan fingerprint density at radius 2 is 1.49 bits per heavy atom. The summed E-state index contributed by atoms with van der Waals surface area (Å²) < 4.78 is 0. The van der Waals surface area contributed by atoms with Gasteiger partial charge in [0.25, 0.3) is 5.91 Å². The molecule has 3 unspecified atom stereocenters. The first-order valence-electron chi connectivity index (χ1n) is 12.9. The second-order valence-corrected chi connectivity index (χ2v) is 10.1. The van der Waals surface area contributed by atoms with Crippen molar-refractivity contribution in [3.8, 4) is 0 Å². The average molecular weight is 486 g/mol. The fourth-order valence-electron chi connectivity index (χ4n) is 6.40. The van der Waals surface area contributed by atoms with Crippen LogP contribution in [-0.4, -0.2) is 34.3 Å². The number of fused-ring (bicyclic) bond motifs is 4. The van der Waals surface area contributed by atoms with Gasteiger partial charge >= 0.3 is 0 Å². The molecule has 5 heteroatoms. The lowest BCUT2D eigenvalue weighted by Crippen LogP contribution is -2.47. The minimum Gasteiger partial charge on any atom is -0.357 e. The number of H-pyrrole nitrogens is 1. The Morgan fingerprint density at radius 1 is 0.784 bits per heavy atom. The summed E-state index contributed by atoms with van der Waals surface area (Å²) in [6.45, 7) is 2.82. The topological polar surface area (TPSA) is 56.4 Å². The minimum atomic E-state index is -0.507. The molecule has 0 aliphatic carbocycles. The van der Waals surface area contributed by atoms with Crippen LogP contribution in [0.25, 0.3) is 21.7 Å². The molecule has 0 radical (unpaired) electrons. The molecule has 4 aromatic carbocycles. The molecule has 5 aromatic rings. The Morgan fingerprint density at radius 3 is 2.32 bits per heavy atom. The zero-order valence-corrected chi connectivity index (χ0v) is 20.6. The average Bonchev–Trinajstić information content (AvgIpc) is 3.47. The molecule has 0 spiro atoms. The lowest BCUT2D eigenvalue weighted by atomic mass is 9.83. The lowest BCUT2D eigenvalue weighted by molar-refractivity contribution is -0.123. The summed E-state index contributed by atoms with van der Waals surface area (Å²) in [5.74, 6) is -0.185. The largest absolute Gasteiger partial charge is 0.357 e. The summed E-state index contributed by atoms with van der Waals surface area (Å²) in [7, 11) is 0. The van der Waals surface area contributed by atoms with Crippen LogP contribution < -0.4 is 4.90 Å². The predicted molar refractivity (Wildman–Crippen MR) is 147 cm³/mol. The first-order valence-corrected chi connectivity index (χ1v) is 12.9. The standard InChI is InChI=1S/C32H27N3O2/c1-20-31-30(24-15-7-8-16-26(24)33-31)25(22-10-3-2-4-11-22)19-34(20)28-18-29(36)35(32(28)37)27-17-9-13-21-12-5-6-14-23(21)27/h2-17,20,25,28,33H,18-19H2,1H3. The number of rotatable bonds is 3. The zero-order chi connectivity index (χ0) is 25.1. The van der Waals surface area contributed by atoms with Crippen molar-refractivity contribution in [1.82, 2.24) is 9.88 Å². The molecule has 7 rings (SSSR count). The van der Waals surface area contributed by atoms with Gasteiger partial charge in [-0.2, -0.15) is 0 Å². The van der Waals surface area contributed by atoms with Crippen LogP contribution in [0, 0.1) is 0 Å². The molecule has 2 amide bonds. The van der Waals surface area contributed by atoms with E-state index in [1.165, 1.54) is 21.4 Å². The Balaban J connectivity index is 1.32. The van der Waals surface area contributed by atoms with Crippen LogP contribution >= 0.6 is 0 Å². The third kappa shape index (κ3) is 3.35. The molecule has 1 N–H and O–H groups in total. The van der Waals surface area contributed by atoms with Gasteiger partial charge in [0.1, 0.15) is 0 Å². The number of amides is 2. The molecule has 3 heterocycles. The van der Waals surface area contributed by atoms with E-state index in [2.05, 4.69) is 59.3 Å².